The summed E-state index contributed by atoms with van der Waals surface area (Å²) in [6.45, 7) is 0. The lowest BCUT2D eigenvalue weighted by Crippen LogP contribution is -2.29. The third kappa shape index (κ3) is 5.89. The second-order valence-corrected chi connectivity index (χ2v) is 14.0. The molecule has 0 N–H and O–H groups in total. The molecule has 1 nitrogen and oxygen atoms in total. The first-order chi connectivity index (χ1) is 10.4. The highest BCUT2D eigenvalue weighted by molar-refractivity contribution is 7.72. The van der Waals surface area contributed by atoms with E-state index in [-0.39, 0.29) is 7.55 Å². The minimum atomic E-state index is -3.44. The summed E-state index contributed by atoms with van der Waals surface area (Å²) in [6, 6.07) is 19.6. The van der Waals surface area contributed by atoms with Crippen molar-refractivity contribution in [3.05, 3.63) is 72.3 Å². The highest BCUT2D eigenvalue weighted by Gasteiger charge is 2.21. The molecule has 0 spiro atoms. The molecule has 1 aliphatic heterocycles. The molecular formula is C16H14Cl3OPSi. The Morgan fingerprint density at radius 2 is 1.50 bits per heavy atom. The highest BCUT2D eigenvalue weighted by atomic mass is 35.8. The van der Waals surface area contributed by atoms with Gasteiger partial charge in [-0.2, -0.15) is 0 Å². The summed E-state index contributed by atoms with van der Waals surface area (Å²) >= 11 is 13.9. The molecular weight excluding hydrogens is 374 g/mol. The standard InChI is InChI=1S/C16H14P.Cl3OSi/c1-2-10-15(11-3-1)17-13-7-6-9-14-8-4-5-12-16(14)17;1-5(2,3)4/h1-8,10-13H,9H2;/q+1;-1. The fourth-order valence-electron chi connectivity index (χ4n) is 2.15. The first-order valence-corrected chi connectivity index (χ1v) is 13.0. The Labute approximate surface area is 146 Å². The zero-order valence-corrected chi connectivity index (χ0v) is 15.8. The summed E-state index contributed by atoms with van der Waals surface area (Å²) in [5.41, 5.74) is 1.47. The van der Waals surface area contributed by atoms with E-state index in [1.165, 1.54) is 16.2 Å². The van der Waals surface area contributed by atoms with Crippen LogP contribution in [-0.4, -0.2) is 12.0 Å². The molecule has 3 rings (SSSR count). The summed E-state index contributed by atoms with van der Waals surface area (Å²) < 4.78 is 0. The Morgan fingerprint density at radius 1 is 0.909 bits per heavy atom. The predicted octanol–water partition coefficient (Wildman–Crippen LogP) is 3.53. The lowest BCUT2D eigenvalue weighted by atomic mass is 10.1. The minimum Gasteiger partial charge on any atom is -0.824 e. The zero-order valence-electron chi connectivity index (χ0n) is 11.6. The van der Waals surface area contributed by atoms with Crippen molar-refractivity contribution >= 4 is 63.4 Å². The largest absolute Gasteiger partial charge is 0.824 e. The number of benzene rings is 2. The Kier molecular flexibility index (Phi) is 6.70. The molecule has 0 fully saturated rings. The summed E-state index contributed by atoms with van der Waals surface area (Å²) in [6.07, 6.45) is 2.08. The molecule has 0 bridgehead atoms. The maximum Gasteiger partial charge on any atom is 0.259 e. The molecule has 2 aromatic rings. The van der Waals surface area contributed by atoms with Crippen LogP contribution < -0.4 is 15.4 Å². The number of halogens is 3. The third-order valence-corrected chi connectivity index (χ3v) is 5.27. The van der Waals surface area contributed by atoms with Crippen LogP contribution in [0, 0.1) is 0 Å². The van der Waals surface area contributed by atoms with Crippen LogP contribution in [0.25, 0.3) is 0 Å². The van der Waals surface area contributed by atoms with Gasteiger partial charge in [0.15, 0.2) is 18.2 Å². The Morgan fingerprint density at radius 3 is 2.18 bits per heavy atom. The van der Waals surface area contributed by atoms with Gasteiger partial charge in [-0.05, 0) is 30.7 Å². The Bertz CT molecular complexity index is 675. The van der Waals surface area contributed by atoms with E-state index in [0.29, 0.717) is 0 Å². The number of fused-ring (bicyclic) bond motifs is 1. The van der Waals surface area contributed by atoms with Crippen molar-refractivity contribution in [3.8, 4) is 0 Å². The smallest absolute Gasteiger partial charge is 0.259 e. The van der Waals surface area contributed by atoms with Gasteiger partial charge in [0.1, 0.15) is 5.80 Å². The molecule has 0 saturated carbocycles. The SMILES string of the molecule is C1=CCc2ccccc2[P+](c2ccccc2)=C1.[O-][Si](Cl)(Cl)Cl. The number of allylic oxidation sites excluding steroid dienone is 2. The van der Waals surface area contributed by atoms with Crippen molar-refractivity contribution < 1.29 is 4.80 Å². The maximum atomic E-state index is 9.54. The molecule has 0 aliphatic carbocycles. The van der Waals surface area contributed by atoms with Crippen LogP contribution in [0.2, 0.25) is 0 Å². The molecule has 0 radical (unpaired) electrons. The van der Waals surface area contributed by atoms with Gasteiger partial charge in [0.25, 0.3) is 6.25 Å². The molecule has 1 atom stereocenters. The average Bonchev–Trinajstić information content (AvgIpc) is 2.69. The van der Waals surface area contributed by atoms with E-state index in [0.717, 1.165) is 6.42 Å². The van der Waals surface area contributed by atoms with Gasteiger partial charge in [0.2, 0.25) is 0 Å². The van der Waals surface area contributed by atoms with Gasteiger partial charge < -0.3 is 4.80 Å². The van der Waals surface area contributed by atoms with Crippen molar-refractivity contribution in [2.75, 3.05) is 0 Å². The predicted molar refractivity (Wildman–Crippen MR) is 101 cm³/mol. The molecule has 0 saturated heterocycles. The lowest BCUT2D eigenvalue weighted by Gasteiger charge is -2.08. The van der Waals surface area contributed by atoms with Gasteiger partial charge in [0.05, 0.1) is 0 Å². The second kappa shape index (κ2) is 8.31. The van der Waals surface area contributed by atoms with Gasteiger partial charge in [-0.3, -0.25) is 0 Å². The van der Waals surface area contributed by atoms with Crippen LogP contribution >= 0.6 is 40.8 Å². The van der Waals surface area contributed by atoms with Crippen LogP contribution in [0.3, 0.4) is 0 Å². The number of hydrogen-bond acceptors (Lipinski definition) is 1. The van der Waals surface area contributed by atoms with Crippen LogP contribution in [0.5, 0.6) is 0 Å². The zero-order chi connectivity index (χ0) is 16.0. The quantitative estimate of drug-likeness (QED) is 0.417. The van der Waals surface area contributed by atoms with Gasteiger partial charge in [-0.25, -0.2) is 0 Å². The van der Waals surface area contributed by atoms with Crippen molar-refractivity contribution in [3.63, 3.8) is 0 Å². The fraction of sp³-hybridized carbons (Fsp3) is 0.0625. The molecule has 1 heterocycles. The van der Waals surface area contributed by atoms with Gasteiger partial charge in [-0.15, -0.1) is 33.2 Å². The summed E-state index contributed by atoms with van der Waals surface area (Å²) in [5.74, 6) is 2.36. The Hall–Kier alpha value is -0.603. The van der Waals surface area contributed by atoms with E-state index in [4.69, 9.17) is 0 Å². The van der Waals surface area contributed by atoms with Gasteiger partial charge in [0, 0.05) is 5.56 Å². The Balaban J connectivity index is 0.000000309. The van der Waals surface area contributed by atoms with Gasteiger partial charge in [-0.1, -0.05) is 42.5 Å². The normalized spacial score (nSPS) is 15.0. The van der Waals surface area contributed by atoms with E-state index in [9.17, 15) is 4.80 Å². The molecule has 114 valence electrons. The van der Waals surface area contributed by atoms with E-state index in [1.54, 1.807) is 0 Å². The van der Waals surface area contributed by atoms with Crippen LogP contribution in [0.1, 0.15) is 5.56 Å². The third-order valence-electron chi connectivity index (χ3n) is 2.99. The van der Waals surface area contributed by atoms with Crippen molar-refractivity contribution in [2.45, 2.75) is 6.42 Å². The number of hydrogen-bond donors (Lipinski definition) is 0. The number of rotatable bonds is 1. The summed E-state index contributed by atoms with van der Waals surface area (Å²) in [7, 11) is -0.321. The molecule has 0 amide bonds. The van der Waals surface area contributed by atoms with Crippen molar-refractivity contribution in [1.82, 2.24) is 0 Å². The van der Waals surface area contributed by atoms with E-state index in [2.05, 4.69) is 106 Å². The topological polar surface area (TPSA) is 23.1 Å². The molecule has 1 aliphatic rings. The van der Waals surface area contributed by atoms with Crippen molar-refractivity contribution in [2.24, 2.45) is 0 Å². The first-order valence-electron chi connectivity index (χ1n) is 6.64. The average molecular weight is 388 g/mol. The first kappa shape index (κ1) is 17.7. The van der Waals surface area contributed by atoms with Crippen molar-refractivity contribution in [1.29, 1.82) is 0 Å². The van der Waals surface area contributed by atoms with E-state index >= 15 is 0 Å². The fourth-order valence-corrected chi connectivity index (χ4v) is 4.27. The highest BCUT2D eigenvalue weighted by Crippen LogP contribution is 2.25. The van der Waals surface area contributed by atoms with E-state index < -0.39 is 6.25 Å². The van der Waals surface area contributed by atoms with Crippen LogP contribution in [-0.2, 0) is 6.42 Å². The molecule has 0 aromatic heterocycles. The second-order valence-electron chi connectivity index (χ2n) is 4.56. The molecule has 2 aromatic carbocycles. The molecule has 1 unspecified atom stereocenters. The minimum absolute atomic E-state index is 0.321. The monoisotopic (exact) mass is 386 g/mol. The molecule has 22 heavy (non-hydrogen) atoms. The van der Waals surface area contributed by atoms with Gasteiger partial charge >= 0.3 is 0 Å². The van der Waals surface area contributed by atoms with E-state index in [1.807, 2.05) is 0 Å². The maximum absolute atomic E-state index is 9.54. The summed E-state index contributed by atoms with van der Waals surface area (Å²) in [5, 5.41) is 2.93. The lowest BCUT2D eigenvalue weighted by molar-refractivity contribution is -0.184. The summed E-state index contributed by atoms with van der Waals surface area (Å²) in [4.78, 5) is 9.54. The molecule has 6 heteroatoms. The van der Waals surface area contributed by atoms with Crippen LogP contribution in [0.4, 0.5) is 0 Å². The van der Waals surface area contributed by atoms with Crippen LogP contribution in [0.15, 0.2) is 66.7 Å².